The predicted octanol–water partition coefficient (Wildman–Crippen LogP) is -1.64. The summed E-state index contributed by atoms with van der Waals surface area (Å²) in [7, 11) is 0. The summed E-state index contributed by atoms with van der Waals surface area (Å²) >= 11 is 0. The first-order chi connectivity index (χ1) is 15.0. The molecule has 5 unspecified atom stereocenters. The second-order valence-electron chi connectivity index (χ2n) is 8.37. The largest absolute Gasteiger partial charge is 0.480 e. The zero-order valence-electron chi connectivity index (χ0n) is 18.4. The molecule has 0 bridgehead atoms. The molecule has 0 radical (unpaired) electrons. The highest BCUT2D eigenvalue weighted by Crippen LogP contribution is 2.19. The minimum atomic E-state index is -1.35. The quantitative estimate of drug-likeness (QED) is 0.243. The molecule has 12 nitrogen and oxygen atoms in total. The molecule has 32 heavy (non-hydrogen) atoms. The lowest BCUT2D eigenvalue weighted by molar-refractivity contribution is -0.149. The van der Waals surface area contributed by atoms with Gasteiger partial charge in [0.25, 0.3) is 0 Å². The topological polar surface area (TPSA) is 191 Å². The SMILES string of the molecule is CC(C)C(N)C(=O)NC(C(=O)NC(Cc1cnc[nH]1)C(=O)N1CCCC1C(=O)O)C(C)O. The number of aliphatic carboxylic acids is 1. The fraction of sp³-hybridized carbons (Fsp3) is 0.650. The maximum atomic E-state index is 13.2. The van der Waals surface area contributed by atoms with Crippen LogP contribution in [-0.4, -0.2) is 85.6 Å². The van der Waals surface area contributed by atoms with E-state index in [1.165, 1.54) is 24.3 Å². The van der Waals surface area contributed by atoms with Gasteiger partial charge in [-0.15, -0.1) is 0 Å². The maximum absolute atomic E-state index is 13.2. The van der Waals surface area contributed by atoms with E-state index in [1.54, 1.807) is 13.8 Å². The third-order valence-electron chi connectivity index (χ3n) is 5.50. The van der Waals surface area contributed by atoms with Gasteiger partial charge in [-0.05, 0) is 25.7 Å². The molecule has 1 fully saturated rings. The Balaban J connectivity index is 2.21. The van der Waals surface area contributed by atoms with Crippen molar-refractivity contribution in [2.45, 2.75) is 70.3 Å². The van der Waals surface area contributed by atoms with Gasteiger partial charge in [-0.3, -0.25) is 14.4 Å². The Morgan fingerprint density at radius 3 is 2.47 bits per heavy atom. The number of carbonyl (C=O) groups excluding carboxylic acids is 3. The van der Waals surface area contributed by atoms with Crippen LogP contribution in [0.5, 0.6) is 0 Å². The number of aliphatic hydroxyl groups excluding tert-OH is 1. The number of hydrogen-bond acceptors (Lipinski definition) is 7. The van der Waals surface area contributed by atoms with E-state index in [4.69, 9.17) is 5.73 Å². The molecule has 0 spiro atoms. The average molecular weight is 453 g/mol. The molecule has 1 aromatic heterocycles. The summed E-state index contributed by atoms with van der Waals surface area (Å²) in [5.74, 6) is -3.26. The summed E-state index contributed by atoms with van der Waals surface area (Å²) in [5, 5.41) is 24.5. The van der Waals surface area contributed by atoms with Crippen molar-refractivity contribution in [3.63, 3.8) is 0 Å². The van der Waals surface area contributed by atoms with Crippen molar-refractivity contribution in [3.8, 4) is 0 Å². The zero-order valence-corrected chi connectivity index (χ0v) is 18.4. The van der Waals surface area contributed by atoms with Gasteiger partial charge in [0.1, 0.15) is 18.1 Å². The van der Waals surface area contributed by atoms with Crippen LogP contribution >= 0.6 is 0 Å². The first-order valence-electron chi connectivity index (χ1n) is 10.6. The molecular weight excluding hydrogens is 420 g/mol. The molecule has 178 valence electrons. The molecule has 0 saturated carbocycles. The lowest BCUT2D eigenvalue weighted by Crippen LogP contribution is -2.60. The van der Waals surface area contributed by atoms with E-state index in [1.807, 2.05) is 0 Å². The number of nitrogens with one attached hydrogen (secondary N) is 3. The third-order valence-corrected chi connectivity index (χ3v) is 5.50. The number of aromatic amines is 1. The van der Waals surface area contributed by atoms with Gasteiger partial charge in [0.2, 0.25) is 17.7 Å². The van der Waals surface area contributed by atoms with Crippen molar-refractivity contribution in [2.24, 2.45) is 11.7 Å². The van der Waals surface area contributed by atoms with Gasteiger partial charge in [-0.2, -0.15) is 0 Å². The van der Waals surface area contributed by atoms with Gasteiger partial charge in [-0.25, -0.2) is 9.78 Å². The average Bonchev–Trinajstić information content (AvgIpc) is 3.41. The molecule has 2 heterocycles. The van der Waals surface area contributed by atoms with E-state index < -0.39 is 54.0 Å². The van der Waals surface area contributed by atoms with Crippen LogP contribution in [0.4, 0.5) is 0 Å². The minimum absolute atomic E-state index is 0.0272. The third kappa shape index (κ3) is 6.26. The van der Waals surface area contributed by atoms with Crippen molar-refractivity contribution < 1.29 is 29.4 Å². The molecule has 1 saturated heterocycles. The highest BCUT2D eigenvalue weighted by molar-refractivity contribution is 5.94. The summed E-state index contributed by atoms with van der Waals surface area (Å²) < 4.78 is 0. The van der Waals surface area contributed by atoms with Gasteiger partial charge >= 0.3 is 5.97 Å². The molecule has 3 amide bonds. The van der Waals surface area contributed by atoms with Crippen LogP contribution in [0.25, 0.3) is 0 Å². The molecule has 0 aliphatic carbocycles. The summed E-state index contributed by atoms with van der Waals surface area (Å²) in [5.41, 5.74) is 6.37. The first-order valence-corrected chi connectivity index (χ1v) is 10.6. The number of carboxylic acid groups (broad SMARTS) is 1. The highest BCUT2D eigenvalue weighted by atomic mass is 16.4. The molecule has 0 aromatic carbocycles. The number of likely N-dealkylation sites (tertiary alicyclic amines) is 1. The van der Waals surface area contributed by atoms with E-state index in [9.17, 15) is 29.4 Å². The number of carboxylic acids is 1. The summed E-state index contributed by atoms with van der Waals surface area (Å²) in [6.07, 6.45) is 2.53. The first kappa shape index (κ1) is 25.3. The summed E-state index contributed by atoms with van der Waals surface area (Å²) in [6.45, 7) is 5.08. The van der Waals surface area contributed by atoms with E-state index in [2.05, 4.69) is 20.6 Å². The summed E-state index contributed by atoms with van der Waals surface area (Å²) in [4.78, 5) is 57.9. The molecule has 7 N–H and O–H groups in total. The van der Waals surface area contributed by atoms with Crippen LogP contribution < -0.4 is 16.4 Å². The van der Waals surface area contributed by atoms with Crippen LogP contribution in [0.1, 0.15) is 39.3 Å². The Kier molecular flexibility index (Phi) is 8.72. The Morgan fingerprint density at radius 1 is 1.25 bits per heavy atom. The standard InChI is InChI=1S/C20H32N6O6/c1-10(2)15(21)17(28)25-16(11(3)27)18(29)24-13(7-12-8-22-9-23-12)19(30)26-6-4-5-14(26)20(31)32/h8-11,13-16,27H,4-7,21H2,1-3H3,(H,22,23)(H,24,29)(H,25,28)(H,31,32). The number of hydrogen-bond donors (Lipinski definition) is 6. The van der Waals surface area contributed by atoms with Gasteiger partial charge < -0.3 is 36.5 Å². The van der Waals surface area contributed by atoms with E-state index in [0.29, 0.717) is 18.5 Å². The zero-order chi connectivity index (χ0) is 24.0. The monoisotopic (exact) mass is 452 g/mol. The number of amides is 3. The van der Waals surface area contributed by atoms with E-state index >= 15 is 0 Å². The van der Waals surface area contributed by atoms with Crippen LogP contribution in [0.3, 0.4) is 0 Å². The van der Waals surface area contributed by atoms with Crippen LogP contribution in [0.2, 0.25) is 0 Å². The van der Waals surface area contributed by atoms with E-state index in [-0.39, 0.29) is 18.9 Å². The molecule has 5 atom stereocenters. The Bertz CT molecular complexity index is 812. The number of aliphatic hydroxyl groups is 1. The fourth-order valence-corrected chi connectivity index (χ4v) is 3.52. The van der Waals surface area contributed by atoms with Crippen LogP contribution in [0.15, 0.2) is 12.5 Å². The highest BCUT2D eigenvalue weighted by Gasteiger charge is 2.39. The second-order valence-corrected chi connectivity index (χ2v) is 8.37. The number of nitrogens with zero attached hydrogens (tertiary/aromatic N) is 2. The van der Waals surface area contributed by atoms with Gasteiger partial charge in [0, 0.05) is 24.9 Å². The van der Waals surface area contributed by atoms with Gasteiger partial charge in [-0.1, -0.05) is 13.8 Å². The smallest absolute Gasteiger partial charge is 0.326 e. The van der Waals surface area contributed by atoms with Crippen molar-refractivity contribution in [1.82, 2.24) is 25.5 Å². The Hall–Kier alpha value is -2.99. The number of rotatable bonds is 10. The Labute approximate surface area is 185 Å². The normalized spacial score (nSPS) is 19.8. The van der Waals surface area contributed by atoms with Crippen molar-refractivity contribution >= 4 is 23.7 Å². The van der Waals surface area contributed by atoms with Crippen LogP contribution in [0, 0.1) is 5.92 Å². The number of imidazole rings is 1. The maximum Gasteiger partial charge on any atom is 0.326 e. The number of carbonyl (C=O) groups is 4. The van der Waals surface area contributed by atoms with Gasteiger partial charge in [0.15, 0.2) is 0 Å². The lowest BCUT2D eigenvalue weighted by atomic mass is 10.0. The van der Waals surface area contributed by atoms with Gasteiger partial charge in [0.05, 0.1) is 18.5 Å². The molecule has 1 aliphatic rings. The second kappa shape index (κ2) is 11.0. The molecular formula is C20H32N6O6. The fourth-order valence-electron chi connectivity index (χ4n) is 3.52. The van der Waals surface area contributed by atoms with Crippen molar-refractivity contribution in [1.29, 1.82) is 0 Å². The number of H-pyrrole nitrogens is 1. The number of nitrogens with two attached hydrogens (primary N) is 1. The molecule has 12 heteroatoms. The van der Waals surface area contributed by atoms with Crippen LogP contribution in [-0.2, 0) is 25.6 Å². The lowest BCUT2D eigenvalue weighted by Gasteiger charge is -2.29. The molecule has 1 aromatic rings. The predicted molar refractivity (Wildman–Crippen MR) is 113 cm³/mol. The molecule has 1 aliphatic heterocycles. The Morgan fingerprint density at radius 2 is 1.94 bits per heavy atom. The number of aromatic nitrogens is 2. The summed E-state index contributed by atoms with van der Waals surface area (Å²) in [6, 6.07) is -4.33. The van der Waals surface area contributed by atoms with Crippen molar-refractivity contribution in [3.05, 3.63) is 18.2 Å². The molecule has 2 rings (SSSR count). The van der Waals surface area contributed by atoms with Crippen molar-refractivity contribution in [2.75, 3.05) is 6.54 Å². The van der Waals surface area contributed by atoms with E-state index in [0.717, 1.165) is 0 Å². The minimum Gasteiger partial charge on any atom is -0.480 e.